The lowest BCUT2D eigenvalue weighted by molar-refractivity contribution is 0.0743. The number of morpholine rings is 1. The number of hydrogen-bond donors (Lipinski definition) is 0. The Balaban J connectivity index is 1.98. The summed E-state index contributed by atoms with van der Waals surface area (Å²) in [4.78, 5) is 10.9. The molecule has 2 fully saturated rings. The molecule has 3 heterocycles. The zero-order valence-electron chi connectivity index (χ0n) is 12.6. The zero-order chi connectivity index (χ0) is 15.6. The van der Waals surface area contributed by atoms with Crippen molar-refractivity contribution in [3.05, 3.63) is 17.0 Å². The molecular weight excluding hydrogens is 326 g/mol. The number of ether oxygens (including phenoxy) is 2. The van der Waals surface area contributed by atoms with Crippen LogP contribution in [-0.4, -0.2) is 55.7 Å². The van der Waals surface area contributed by atoms with Crippen LogP contribution in [0, 0.1) is 0 Å². The molecule has 22 heavy (non-hydrogen) atoms. The maximum atomic E-state index is 12.5. The fraction of sp³-hybridized carbons (Fsp3) is 0.714. The first-order chi connectivity index (χ1) is 10.6. The molecule has 1 unspecified atom stereocenters. The molecule has 1 aromatic heterocycles. The van der Waals surface area contributed by atoms with E-state index in [-0.39, 0.29) is 5.28 Å². The monoisotopic (exact) mass is 346 g/mol. The standard InChI is InChI=1S/C14H20ClN3O3S/c1-22(19)14(2-6-20-7-3-14)11-10-12(17-13(15)16-11)18-4-8-21-9-5-18/h10H,2-9H2,1H3/p+1. The van der Waals surface area contributed by atoms with Gasteiger partial charge in [-0.25, -0.2) is 9.97 Å². The first kappa shape index (κ1) is 16.1. The van der Waals surface area contributed by atoms with E-state index in [9.17, 15) is 4.21 Å². The summed E-state index contributed by atoms with van der Waals surface area (Å²) in [5, 5.41) is 0.210. The van der Waals surface area contributed by atoms with Gasteiger partial charge in [0.15, 0.2) is 4.75 Å². The molecule has 2 aliphatic heterocycles. The predicted molar refractivity (Wildman–Crippen MR) is 87.2 cm³/mol. The van der Waals surface area contributed by atoms with E-state index in [0.29, 0.717) is 39.3 Å². The maximum Gasteiger partial charge on any atom is 0.224 e. The maximum absolute atomic E-state index is 12.5. The average Bonchev–Trinajstić information content (AvgIpc) is 2.55. The van der Waals surface area contributed by atoms with E-state index in [0.717, 1.165) is 24.6 Å². The molecule has 2 aliphatic rings. The van der Waals surface area contributed by atoms with Crippen LogP contribution in [-0.2, 0) is 29.2 Å². The Morgan fingerprint density at radius 2 is 1.82 bits per heavy atom. The molecule has 2 saturated heterocycles. The number of halogens is 1. The minimum Gasteiger partial charge on any atom is -0.381 e. The first-order valence-corrected chi connectivity index (χ1v) is 9.57. The van der Waals surface area contributed by atoms with Crippen molar-refractivity contribution in [3.63, 3.8) is 0 Å². The van der Waals surface area contributed by atoms with E-state index < -0.39 is 15.5 Å². The van der Waals surface area contributed by atoms with Gasteiger partial charge in [-0.05, 0) is 11.6 Å². The molecule has 0 saturated carbocycles. The molecule has 0 aliphatic carbocycles. The van der Waals surface area contributed by atoms with Gasteiger partial charge in [0.25, 0.3) is 0 Å². The molecule has 122 valence electrons. The second-order valence-electron chi connectivity index (χ2n) is 5.62. The van der Waals surface area contributed by atoms with E-state index >= 15 is 0 Å². The van der Waals surface area contributed by atoms with Crippen molar-refractivity contribution in [1.29, 1.82) is 0 Å². The van der Waals surface area contributed by atoms with Gasteiger partial charge in [-0.3, -0.25) is 0 Å². The predicted octanol–water partition coefficient (Wildman–Crippen LogP) is 1.30. The highest BCUT2D eigenvalue weighted by molar-refractivity contribution is 7.85. The lowest BCUT2D eigenvalue weighted by atomic mass is 9.94. The summed E-state index contributed by atoms with van der Waals surface area (Å²) >= 11 is 6.15. The molecule has 0 radical (unpaired) electrons. The Labute approximate surface area is 137 Å². The van der Waals surface area contributed by atoms with Gasteiger partial charge in [0, 0.05) is 32.0 Å². The highest BCUT2D eigenvalue weighted by atomic mass is 35.5. The number of anilines is 1. The smallest absolute Gasteiger partial charge is 0.224 e. The summed E-state index contributed by atoms with van der Waals surface area (Å²) in [7, 11) is -1.44. The van der Waals surface area contributed by atoms with Crippen molar-refractivity contribution < 1.29 is 13.7 Å². The van der Waals surface area contributed by atoms with E-state index in [1.165, 1.54) is 0 Å². The number of hydrogen-bond acceptors (Lipinski definition) is 6. The Hall–Kier alpha value is -0.760. The fourth-order valence-corrected chi connectivity index (χ4v) is 4.47. The number of nitrogens with zero attached hydrogens (tertiary/aromatic N) is 3. The van der Waals surface area contributed by atoms with Crippen molar-refractivity contribution in [2.45, 2.75) is 17.6 Å². The Morgan fingerprint density at radius 1 is 1.18 bits per heavy atom. The molecule has 1 atom stereocenters. The van der Waals surface area contributed by atoms with Gasteiger partial charge in [0.05, 0.1) is 37.2 Å². The van der Waals surface area contributed by atoms with Crippen LogP contribution in [0.25, 0.3) is 0 Å². The zero-order valence-corrected chi connectivity index (χ0v) is 14.3. The molecule has 0 amide bonds. The van der Waals surface area contributed by atoms with Crippen molar-refractivity contribution in [2.24, 2.45) is 0 Å². The van der Waals surface area contributed by atoms with Crippen LogP contribution in [0.4, 0.5) is 5.82 Å². The third kappa shape index (κ3) is 3.13. The molecule has 3 rings (SSSR count). The van der Waals surface area contributed by atoms with E-state index in [1.54, 1.807) is 6.26 Å². The second kappa shape index (κ2) is 6.78. The summed E-state index contributed by atoms with van der Waals surface area (Å²) in [5.41, 5.74) is 0.779. The van der Waals surface area contributed by atoms with Crippen LogP contribution < -0.4 is 4.90 Å². The molecule has 0 spiro atoms. The first-order valence-electron chi connectivity index (χ1n) is 7.48. The molecule has 0 aromatic carbocycles. The van der Waals surface area contributed by atoms with Gasteiger partial charge in [-0.1, -0.05) is 0 Å². The van der Waals surface area contributed by atoms with E-state index in [1.807, 2.05) is 6.07 Å². The van der Waals surface area contributed by atoms with Crippen LogP contribution in [0.3, 0.4) is 0 Å². The van der Waals surface area contributed by atoms with E-state index in [2.05, 4.69) is 14.9 Å². The Kier molecular flexibility index (Phi) is 4.97. The fourth-order valence-electron chi connectivity index (χ4n) is 3.04. The van der Waals surface area contributed by atoms with Crippen molar-refractivity contribution >= 4 is 28.2 Å². The summed E-state index contributed by atoms with van der Waals surface area (Å²) in [6.45, 7) is 4.12. The van der Waals surface area contributed by atoms with Crippen LogP contribution >= 0.6 is 11.6 Å². The molecule has 1 aromatic rings. The Morgan fingerprint density at radius 3 is 2.45 bits per heavy atom. The van der Waals surface area contributed by atoms with Gasteiger partial charge in [0.1, 0.15) is 17.8 Å². The minimum absolute atomic E-state index is 0.210. The third-order valence-electron chi connectivity index (χ3n) is 4.42. The molecule has 0 N–H and O–H groups in total. The largest absolute Gasteiger partial charge is 0.381 e. The number of thiol groups is 1. The van der Waals surface area contributed by atoms with Gasteiger partial charge < -0.3 is 14.4 Å². The lowest BCUT2D eigenvalue weighted by Gasteiger charge is -2.32. The summed E-state index contributed by atoms with van der Waals surface area (Å²) < 4.78 is 22.8. The molecule has 8 heteroatoms. The lowest BCUT2D eigenvalue weighted by Crippen LogP contribution is -2.40. The average molecular weight is 347 g/mol. The Bertz CT molecular complexity index is 560. The second-order valence-corrected chi connectivity index (χ2v) is 7.81. The highest BCUT2D eigenvalue weighted by Crippen LogP contribution is 2.38. The normalized spacial score (nSPS) is 23.3. The van der Waals surface area contributed by atoms with Gasteiger partial charge >= 0.3 is 0 Å². The number of aromatic nitrogens is 2. The molecule has 0 bridgehead atoms. The van der Waals surface area contributed by atoms with E-state index in [4.69, 9.17) is 21.1 Å². The van der Waals surface area contributed by atoms with Crippen molar-refractivity contribution in [2.75, 3.05) is 50.7 Å². The SMILES string of the molecule is C[SH+](=O)C1(c2cc(N3CCOCC3)nc(Cl)n2)CCOCC1. The third-order valence-corrected chi connectivity index (χ3v) is 6.47. The molecule has 6 nitrogen and oxygen atoms in total. The number of rotatable bonds is 3. The van der Waals surface area contributed by atoms with Crippen molar-refractivity contribution in [3.8, 4) is 0 Å². The van der Waals surface area contributed by atoms with Crippen molar-refractivity contribution in [1.82, 2.24) is 9.97 Å². The van der Waals surface area contributed by atoms with Crippen LogP contribution in [0.15, 0.2) is 6.07 Å². The van der Waals surface area contributed by atoms with Crippen LogP contribution in [0.1, 0.15) is 18.5 Å². The summed E-state index contributed by atoms with van der Waals surface area (Å²) in [6, 6.07) is 1.94. The minimum atomic E-state index is -1.44. The topological polar surface area (TPSA) is 64.6 Å². The quantitative estimate of drug-likeness (QED) is 0.467. The van der Waals surface area contributed by atoms with Gasteiger partial charge in [0.2, 0.25) is 5.28 Å². The van der Waals surface area contributed by atoms with Crippen LogP contribution in [0.5, 0.6) is 0 Å². The van der Waals surface area contributed by atoms with Crippen LogP contribution in [0.2, 0.25) is 5.28 Å². The summed E-state index contributed by atoms with van der Waals surface area (Å²) in [5.74, 6) is 0.793. The summed E-state index contributed by atoms with van der Waals surface area (Å²) in [6.07, 6.45) is 3.17. The van der Waals surface area contributed by atoms with Gasteiger partial charge in [-0.15, -0.1) is 4.21 Å². The highest BCUT2D eigenvalue weighted by Gasteiger charge is 2.45. The molecular formula is C14H21ClN3O3S+. The van der Waals surface area contributed by atoms with Gasteiger partial charge in [-0.2, -0.15) is 0 Å².